The van der Waals surface area contributed by atoms with Crippen molar-refractivity contribution in [3.8, 4) is 0 Å². The van der Waals surface area contributed by atoms with E-state index in [2.05, 4.69) is 12.2 Å². The molecule has 0 spiro atoms. The van der Waals surface area contributed by atoms with Crippen LogP contribution < -0.4 is 0 Å². The van der Waals surface area contributed by atoms with Crippen LogP contribution in [0.4, 0.5) is 0 Å². The summed E-state index contributed by atoms with van der Waals surface area (Å²) in [5.41, 5.74) is 0. The van der Waals surface area contributed by atoms with Crippen LogP contribution in [-0.4, -0.2) is 26.4 Å². The Kier molecular flexibility index (Phi) is 17.0. The molecular weight excluding hydrogens is 272 g/mol. The lowest BCUT2D eigenvalue weighted by atomic mass is 10.1. The SMILES string of the molecule is COC(CCCCCCCCCC/C=C/CCCl)OC. The Morgan fingerprint density at radius 3 is 1.80 bits per heavy atom. The van der Waals surface area contributed by atoms with E-state index in [9.17, 15) is 0 Å². The highest BCUT2D eigenvalue weighted by Crippen LogP contribution is 2.12. The molecule has 0 aliphatic heterocycles. The molecule has 2 nitrogen and oxygen atoms in total. The predicted molar refractivity (Wildman–Crippen MR) is 88.5 cm³/mol. The summed E-state index contributed by atoms with van der Waals surface area (Å²) in [4.78, 5) is 0. The molecule has 0 aliphatic rings. The molecule has 0 saturated heterocycles. The number of methoxy groups -OCH3 is 2. The quantitative estimate of drug-likeness (QED) is 0.167. The zero-order chi connectivity index (χ0) is 14.9. The third-order valence-electron chi connectivity index (χ3n) is 3.53. The molecule has 0 amide bonds. The molecule has 0 bridgehead atoms. The van der Waals surface area contributed by atoms with Crippen molar-refractivity contribution >= 4 is 11.6 Å². The van der Waals surface area contributed by atoms with Gasteiger partial charge in [-0.25, -0.2) is 0 Å². The normalized spacial score (nSPS) is 11.8. The van der Waals surface area contributed by atoms with Gasteiger partial charge in [0.15, 0.2) is 6.29 Å². The van der Waals surface area contributed by atoms with Crippen LogP contribution in [-0.2, 0) is 9.47 Å². The molecule has 0 heterocycles. The van der Waals surface area contributed by atoms with Crippen LogP contribution in [0, 0.1) is 0 Å². The van der Waals surface area contributed by atoms with Crippen molar-refractivity contribution in [2.24, 2.45) is 0 Å². The molecule has 0 fully saturated rings. The highest BCUT2D eigenvalue weighted by atomic mass is 35.5. The molecule has 0 aromatic heterocycles. The van der Waals surface area contributed by atoms with E-state index in [0.717, 1.165) is 18.7 Å². The summed E-state index contributed by atoms with van der Waals surface area (Å²) >= 11 is 5.60. The maximum absolute atomic E-state index is 5.60. The van der Waals surface area contributed by atoms with Crippen molar-refractivity contribution < 1.29 is 9.47 Å². The molecule has 0 aliphatic carbocycles. The molecule has 0 atom stereocenters. The van der Waals surface area contributed by atoms with Gasteiger partial charge in [0.2, 0.25) is 0 Å². The number of unbranched alkanes of at least 4 members (excludes halogenated alkanes) is 8. The van der Waals surface area contributed by atoms with E-state index in [1.807, 2.05) is 0 Å². The summed E-state index contributed by atoms with van der Waals surface area (Å²) in [6, 6.07) is 0. The van der Waals surface area contributed by atoms with Crippen LogP contribution in [0.15, 0.2) is 12.2 Å². The first kappa shape index (κ1) is 19.9. The van der Waals surface area contributed by atoms with Crippen molar-refractivity contribution in [3.05, 3.63) is 12.2 Å². The average molecular weight is 305 g/mol. The first-order valence-corrected chi connectivity index (χ1v) is 8.65. The number of allylic oxidation sites excluding steroid dienone is 2. The van der Waals surface area contributed by atoms with Gasteiger partial charge in [-0.05, 0) is 32.1 Å². The highest BCUT2D eigenvalue weighted by molar-refractivity contribution is 6.17. The van der Waals surface area contributed by atoms with Gasteiger partial charge in [0.25, 0.3) is 0 Å². The first-order chi connectivity index (χ1) is 9.85. The maximum Gasteiger partial charge on any atom is 0.156 e. The van der Waals surface area contributed by atoms with Gasteiger partial charge in [-0.1, -0.05) is 50.7 Å². The Hall–Kier alpha value is -0.0500. The fourth-order valence-electron chi connectivity index (χ4n) is 2.26. The van der Waals surface area contributed by atoms with Gasteiger partial charge in [-0.3, -0.25) is 0 Å². The monoisotopic (exact) mass is 304 g/mol. The van der Waals surface area contributed by atoms with E-state index in [1.165, 1.54) is 57.8 Å². The van der Waals surface area contributed by atoms with Crippen LogP contribution in [0.5, 0.6) is 0 Å². The topological polar surface area (TPSA) is 18.5 Å². The molecular formula is C17H33ClO2. The van der Waals surface area contributed by atoms with E-state index >= 15 is 0 Å². The molecule has 0 aromatic rings. The number of alkyl halides is 1. The van der Waals surface area contributed by atoms with E-state index in [1.54, 1.807) is 14.2 Å². The lowest BCUT2D eigenvalue weighted by Crippen LogP contribution is -2.12. The van der Waals surface area contributed by atoms with E-state index in [-0.39, 0.29) is 6.29 Å². The second-order valence-electron chi connectivity index (χ2n) is 5.26. The number of ether oxygens (including phenoxy) is 2. The molecule has 0 saturated carbocycles. The Morgan fingerprint density at radius 2 is 1.25 bits per heavy atom. The summed E-state index contributed by atoms with van der Waals surface area (Å²) in [5, 5.41) is 0. The Balaban J connectivity index is 3.09. The Bertz CT molecular complexity index is 203. The fourth-order valence-corrected chi connectivity index (χ4v) is 2.39. The number of rotatable bonds is 15. The van der Waals surface area contributed by atoms with Gasteiger partial charge in [-0.2, -0.15) is 0 Å². The van der Waals surface area contributed by atoms with Gasteiger partial charge >= 0.3 is 0 Å². The summed E-state index contributed by atoms with van der Waals surface area (Å²) in [6.07, 6.45) is 18.3. The second kappa shape index (κ2) is 17.0. The number of hydrogen-bond acceptors (Lipinski definition) is 2. The van der Waals surface area contributed by atoms with Crippen LogP contribution in [0.3, 0.4) is 0 Å². The van der Waals surface area contributed by atoms with Crippen molar-refractivity contribution in [1.29, 1.82) is 0 Å². The number of hydrogen-bond donors (Lipinski definition) is 0. The minimum Gasteiger partial charge on any atom is -0.356 e. The molecule has 20 heavy (non-hydrogen) atoms. The highest BCUT2D eigenvalue weighted by Gasteiger charge is 2.03. The zero-order valence-corrected chi connectivity index (χ0v) is 14.2. The van der Waals surface area contributed by atoms with Gasteiger partial charge in [-0.15, -0.1) is 11.6 Å². The van der Waals surface area contributed by atoms with Crippen LogP contribution in [0.2, 0.25) is 0 Å². The number of halogens is 1. The molecule has 3 heteroatoms. The van der Waals surface area contributed by atoms with Gasteiger partial charge < -0.3 is 9.47 Å². The maximum atomic E-state index is 5.60. The minimum absolute atomic E-state index is 0.0122. The van der Waals surface area contributed by atoms with Crippen molar-refractivity contribution in [1.82, 2.24) is 0 Å². The molecule has 0 N–H and O–H groups in total. The minimum atomic E-state index is -0.0122. The standard InChI is InChI=1S/C17H33ClO2/c1-19-17(20-2)15-13-11-9-7-5-3-4-6-8-10-12-14-16-18/h10,12,17H,3-9,11,13-16H2,1-2H3/b12-10+. The van der Waals surface area contributed by atoms with Crippen molar-refractivity contribution in [2.75, 3.05) is 20.1 Å². The molecule has 0 aromatic carbocycles. The third kappa shape index (κ3) is 14.4. The lowest BCUT2D eigenvalue weighted by Gasteiger charge is -2.12. The van der Waals surface area contributed by atoms with E-state index in [0.29, 0.717) is 0 Å². The average Bonchev–Trinajstić information content (AvgIpc) is 2.48. The second-order valence-corrected chi connectivity index (χ2v) is 5.63. The summed E-state index contributed by atoms with van der Waals surface area (Å²) in [6.45, 7) is 0. The van der Waals surface area contributed by atoms with Gasteiger partial charge in [0, 0.05) is 20.1 Å². The zero-order valence-electron chi connectivity index (χ0n) is 13.4. The van der Waals surface area contributed by atoms with Gasteiger partial charge in [0.1, 0.15) is 0 Å². The van der Waals surface area contributed by atoms with Gasteiger partial charge in [0.05, 0.1) is 0 Å². The summed E-state index contributed by atoms with van der Waals surface area (Å²) < 4.78 is 10.3. The van der Waals surface area contributed by atoms with E-state index in [4.69, 9.17) is 21.1 Å². The Labute approximate surface area is 130 Å². The molecule has 0 rings (SSSR count). The van der Waals surface area contributed by atoms with Crippen molar-refractivity contribution in [2.45, 2.75) is 76.9 Å². The van der Waals surface area contributed by atoms with Crippen LogP contribution in [0.25, 0.3) is 0 Å². The smallest absolute Gasteiger partial charge is 0.156 e. The summed E-state index contributed by atoms with van der Waals surface area (Å²) in [5.74, 6) is 0.742. The molecule has 120 valence electrons. The predicted octanol–water partition coefficient (Wildman–Crippen LogP) is 5.69. The first-order valence-electron chi connectivity index (χ1n) is 8.11. The Morgan fingerprint density at radius 1 is 0.750 bits per heavy atom. The van der Waals surface area contributed by atoms with Crippen LogP contribution >= 0.6 is 11.6 Å². The lowest BCUT2D eigenvalue weighted by molar-refractivity contribution is -0.107. The fraction of sp³-hybridized carbons (Fsp3) is 0.882. The van der Waals surface area contributed by atoms with Crippen molar-refractivity contribution in [3.63, 3.8) is 0 Å². The van der Waals surface area contributed by atoms with Crippen LogP contribution in [0.1, 0.15) is 70.6 Å². The third-order valence-corrected chi connectivity index (χ3v) is 3.75. The summed E-state index contributed by atoms with van der Waals surface area (Å²) in [7, 11) is 3.41. The van der Waals surface area contributed by atoms with E-state index < -0.39 is 0 Å². The molecule has 0 unspecified atom stereocenters. The molecule has 0 radical (unpaired) electrons. The largest absolute Gasteiger partial charge is 0.356 e.